The van der Waals surface area contributed by atoms with Gasteiger partial charge >= 0.3 is 12.1 Å². The maximum Gasteiger partial charge on any atom is 0.412 e. The van der Waals surface area contributed by atoms with Crippen molar-refractivity contribution in [2.75, 3.05) is 38.7 Å². The van der Waals surface area contributed by atoms with Gasteiger partial charge in [-0.05, 0) is 74.6 Å². The van der Waals surface area contributed by atoms with Gasteiger partial charge in [0.1, 0.15) is 17.2 Å². The Kier molecular flexibility index (Phi) is 12.7. The lowest BCUT2D eigenvalue weighted by Crippen LogP contribution is -2.54. The van der Waals surface area contributed by atoms with Crippen molar-refractivity contribution in [3.63, 3.8) is 0 Å². The molecule has 0 saturated carbocycles. The Morgan fingerprint density at radius 2 is 1.72 bits per heavy atom. The number of nitrogens with zero attached hydrogens (tertiary/aromatic N) is 2. The summed E-state index contributed by atoms with van der Waals surface area (Å²) in [4.78, 5) is 47.9. The van der Waals surface area contributed by atoms with Crippen molar-refractivity contribution in [3.05, 3.63) is 58.9 Å². The van der Waals surface area contributed by atoms with Crippen LogP contribution in [0.4, 0.5) is 10.5 Å². The molecule has 1 aliphatic heterocycles. The summed E-state index contributed by atoms with van der Waals surface area (Å²) in [5.41, 5.74) is 3.44. The van der Waals surface area contributed by atoms with Gasteiger partial charge in [0.15, 0.2) is 0 Å². The molecule has 47 heavy (non-hydrogen) atoms. The number of anilines is 1. The minimum atomic E-state index is -1.14. The highest BCUT2D eigenvalue weighted by molar-refractivity contribution is 6.04. The lowest BCUT2D eigenvalue weighted by Gasteiger charge is -2.34. The smallest absolute Gasteiger partial charge is 0.412 e. The molecule has 1 saturated heterocycles. The number of methoxy groups -OCH3 is 1. The van der Waals surface area contributed by atoms with Gasteiger partial charge in [0.2, 0.25) is 5.91 Å². The second-order valence-corrected chi connectivity index (χ2v) is 12.2. The number of hydrogen-bond acceptors (Lipinski definition) is 9. The number of unbranched alkanes of at least 4 members (excludes halogenated alkanes) is 5. The normalized spacial score (nSPS) is 14.1. The Morgan fingerprint density at radius 3 is 2.43 bits per heavy atom. The number of likely N-dealkylation sites (tertiary alicyclic amines) is 1. The zero-order valence-electron chi connectivity index (χ0n) is 28.1. The van der Waals surface area contributed by atoms with E-state index in [0.717, 1.165) is 60.0 Å². The van der Waals surface area contributed by atoms with Gasteiger partial charge in [-0.2, -0.15) is 0 Å². The van der Waals surface area contributed by atoms with E-state index in [1.54, 1.807) is 12.1 Å². The third-order valence-corrected chi connectivity index (χ3v) is 8.72. The Labute approximate surface area is 276 Å². The fourth-order valence-electron chi connectivity index (χ4n) is 5.93. The number of benzene rings is 2. The van der Waals surface area contributed by atoms with Crippen molar-refractivity contribution in [1.29, 1.82) is 5.41 Å². The molecule has 1 unspecified atom stereocenters. The van der Waals surface area contributed by atoms with Crippen LogP contribution in [0.15, 0.2) is 36.4 Å². The molecule has 0 spiro atoms. The molecule has 0 bridgehead atoms. The van der Waals surface area contributed by atoms with E-state index >= 15 is 0 Å². The van der Waals surface area contributed by atoms with E-state index in [2.05, 4.69) is 27.9 Å². The molecular weight excluding hydrogens is 598 g/mol. The van der Waals surface area contributed by atoms with Crippen LogP contribution in [0.1, 0.15) is 87.7 Å². The van der Waals surface area contributed by atoms with Gasteiger partial charge in [-0.15, -0.1) is 0 Å². The van der Waals surface area contributed by atoms with Gasteiger partial charge in [0.05, 0.1) is 37.8 Å². The first kappa shape index (κ1) is 35.4. The van der Waals surface area contributed by atoms with E-state index in [1.807, 2.05) is 43.0 Å². The molecule has 2 amide bonds. The topological polar surface area (TPSA) is 162 Å². The average molecular weight is 648 g/mol. The van der Waals surface area contributed by atoms with E-state index in [-0.39, 0.29) is 18.3 Å². The molecular formula is C35H49N7O5. The quantitative estimate of drug-likeness (QED) is 0.0590. The number of nitrogens with one attached hydrogen (secondary N) is 5. The van der Waals surface area contributed by atoms with Crippen molar-refractivity contribution in [1.82, 2.24) is 25.5 Å². The van der Waals surface area contributed by atoms with Crippen molar-refractivity contribution in [2.24, 2.45) is 0 Å². The zero-order valence-corrected chi connectivity index (χ0v) is 28.1. The first-order valence-electron chi connectivity index (χ1n) is 16.6. The number of aryl methyl sites for hydroxylation is 1. The van der Waals surface area contributed by atoms with Crippen LogP contribution >= 0.6 is 0 Å². The summed E-state index contributed by atoms with van der Waals surface area (Å²) in [5, 5.41) is 17.2. The fraction of sp³-hybridized carbons (Fsp3) is 0.514. The lowest BCUT2D eigenvalue weighted by atomic mass is 9.86. The molecule has 1 aromatic heterocycles. The maximum atomic E-state index is 13.8. The number of amides is 2. The monoisotopic (exact) mass is 647 g/mol. The summed E-state index contributed by atoms with van der Waals surface area (Å²) in [7, 11) is 1.33. The SMILES string of the molecule is CCCCCCCCOC(=O)NC(=N)c1ccc(NCc2nc3c(C)c(C(C)(NCC(=O)OC)C(=O)N4CCCC4)ccc3[nH]2)cc1. The number of carbonyl (C=O) groups is 3. The zero-order chi connectivity index (χ0) is 33.8. The Bertz CT molecular complexity index is 1530. The van der Waals surface area contributed by atoms with Gasteiger partial charge in [0.25, 0.3) is 0 Å². The second kappa shape index (κ2) is 16.9. The van der Waals surface area contributed by atoms with Crippen molar-refractivity contribution in [2.45, 2.75) is 84.2 Å². The Balaban J connectivity index is 1.36. The number of hydrogen-bond donors (Lipinski definition) is 5. The lowest BCUT2D eigenvalue weighted by molar-refractivity contribution is -0.141. The summed E-state index contributed by atoms with van der Waals surface area (Å²) in [6, 6.07) is 11.0. The first-order chi connectivity index (χ1) is 22.7. The molecule has 2 aromatic carbocycles. The summed E-state index contributed by atoms with van der Waals surface area (Å²) in [5.74, 6) is 0.168. The molecule has 12 heteroatoms. The molecule has 4 rings (SSSR count). The number of fused-ring (bicyclic) bond motifs is 1. The Hall–Kier alpha value is -4.45. The predicted molar refractivity (Wildman–Crippen MR) is 182 cm³/mol. The van der Waals surface area contributed by atoms with Crippen LogP contribution in [0.5, 0.6) is 0 Å². The molecule has 0 radical (unpaired) electrons. The van der Waals surface area contributed by atoms with Gasteiger partial charge in [-0.3, -0.25) is 25.6 Å². The third kappa shape index (κ3) is 9.31. The van der Waals surface area contributed by atoms with E-state index in [0.29, 0.717) is 37.6 Å². The molecule has 12 nitrogen and oxygen atoms in total. The highest BCUT2D eigenvalue weighted by Gasteiger charge is 2.41. The summed E-state index contributed by atoms with van der Waals surface area (Å²) >= 11 is 0. The summed E-state index contributed by atoms with van der Waals surface area (Å²) in [6.45, 7) is 7.98. The number of aromatic nitrogens is 2. The van der Waals surface area contributed by atoms with Crippen molar-refractivity contribution >= 4 is 40.5 Å². The number of aromatic amines is 1. The molecule has 2 heterocycles. The largest absolute Gasteiger partial charge is 0.468 e. The fourth-order valence-corrected chi connectivity index (χ4v) is 5.93. The number of amidine groups is 1. The van der Waals surface area contributed by atoms with E-state index in [1.165, 1.54) is 26.4 Å². The number of alkyl carbamates (subject to hydrolysis) is 1. The van der Waals surface area contributed by atoms with Gasteiger partial charge < -0.3 is 24.7 Å². The highest BCUT2D eigenvalue weighted by atomic mass is 16.5. The molecule has 3 aromatic rings. The van der Waals surface area contributed by atoms with Crippen LogP contribution < -0.4 is 16.0 Å². The summed E-state index contributed by atoms with van der Waals surface area (Å²) in [6.07, 6.45) is 7.94. The van der Waals surface area contributed by atoms with Crippen LogP contribution in [0.3, 0.4) is 0 Å². The average Bonchev–Trinajstić information content (AvgIpc) is 3.77. The van der Waals surface area contributed by atoms with Crippen LogP contribution in [-0.2, 0) is 31.1 Å². The molecule has 1 atom stereocenters. The van der Waals surface area contributed by atoms with Crippen LogP contribution in [0.25, 0.3) is 11.0 Å². The van der Waals surface area contributed by atoms with Crippen LogP contribution in [0, 0.1) is 12.3 Å². The van der Waals surface area contributed by atoms with Gasteiger partial charge in [-0.1, -0.05) is 45.1 Å². The van der Waals surface area contributed by atoms with E-state index in [4.69, 9.17) is 19.9 Å². The van der Waals surface area contributed by atoms with Gasteiger partial charge in [-0.25, -0.2) is 9.78 Å². The first-order valence-corrected chi connectivity index (χ1v) is 16.6. The number of ether oxygens (including phenoxy) is 2. The Morgan fingerprint density at radius 1 is 1.02 bits per heavy atom. The van der Waals surface area contributed by atoms with Crippen LogP contribution in [-0.4, -0.2) is 72.0 Å². The van der Waals surface area contributed by atoms with E-state index < -0.39 is 17.6 Å². The number of imidazole rings is 1. The van der Waals surface area contributed by atoms with Crippen molar-refractivity contribution in [3.8, 4) is 0 Å². The number of H-pyrrole nitrogens is 1. The number of esters is 1. The maximum absolute atomic E-state index is 13.8. The molecule has 254 valence electrons. The van der Waals surface area contributed by atoms with Crippen LogP contribution in [0.2, 0.25) is 0 Å². The van der Waals surface area contributed by atoms with Crippen molar-refractivity contribution < 1.29 is 23.9 Å². The second-order valence-electron chi connectivity index (χ2n) is 12.2. The predicted octanol–water partition coefficient (Wildman–Crippen LogP) is 5.50. The number of rotatable bonds is 16. The number of carbonyl (C=O) groups excluding carboxylic acids is 3. The molecule has 5 N–H and O–H groups in total. The third-order valence-electron chi connectivity index (χ3n) is 8.72. The van der Waals surface area contributed by atoms with E-state index in [9.17, 15) is 14.4 Å². The highest BCUT2D eigenvalue weighted by Crippen LogP contribution is 2.32. The molecule has 0 aliphatic carbocycles. The molecule has 1 fully saturated rings. The molecule has 1 aliphatic rings. The van der Waals surface area contributed by atoms with Gasteiger partial charge in [0, 0.05) is 24.3 Å². The minimum Gasteiger partial charge on any atom is -0.468 e. The standard InChI is InChI=1S/C35H49N7O5/c1-5-6-7-8-9-12-21-47-34(45)41-32(36)25-13-15-26(16-14-25)37-22-29-39-28-18-17-27(24(2)31(28)40-29)35(3,38-23-30(43)46-4)33(44)42-19-10-11-20-42/h13-18,37-38H,5-12,19-23H2,1-4H3,(H,39,40)(H2,36,41,45). The minimum absolute atomic E-state index is 0.0238. The summed E-state index contributed by atoms with van der Waals surface area (Å²) < 4.78 is 10.1.